The van der Waals surface area contributed by atoms with Gasteiger partial charge in [-0.15, -0.1) is 0 Å². The van der Waals surface area contributed by atoms with Crippen molar-refractivity contribution in [2.24, 2.45) is 0 Å². The Balaban J connectivity index is 4.25. The Kier molecular flexibility index (Phi) is 5.81. The third-order valence-corrected chi connectivity index (χ3v) is 2.36. The number of rotatable bonds is 6. The van der Waals surface area contributed by atoms with E-state index in [9.17, 15) is 9.59 Å². The van der Waals surface area contributed by atoms with Crippen LogP contribution in [0.15, 0.2) is 0 Å². The zero-order valence-corrected chi connectivity index (χ0v) is 9.91. The summed E-state index contributed by atoms with van der Waals surface area (Å²) in [6.07, 6.45) is 0.730. The number of carboxylic acid groups (broad SMARTS) is 1. The molecule has 0 unspecified atom stereocenters. The summed E-state index contributed by atoms with van der Waals surface area (Å²) in [4.78, 5) is 22.1. The van der Waals surface area contributed by atoms with Crippen LogP contribution in [0.4, 0.5) is 4.79 Å². The highest BCUT2D eigenvalue weighted by molar-refractivity contribution is 5.82. The van der Waals surface area contributed by atoms with Crippen molar-refractivity contribution >= 4 is 12.0 Å². The minimum atomic E-state index is -1.15. The van der Waals surface area contributed by atoms with Crippen molar-refractivity contribution in [3.05, 3.63) is 0 Å². The van der Waals surface area contributed by atoms with E-state index in [-0.39, 0.29) is 18.6 Å². The standard InChI is InChI=1S/C10H20N2O4/c1-4-10(2,3)12-9(16)11-7(5-6-13)8(14)15/h7,13H,4-6H2,1-3H3,(H,14,15)(H2,11,12,16)/t7-/m1/s1. The number of amides is 2. The van der Waals surface area contributed by atoms with Crippen molar-refractivity contribution in [2.75, 3.05) is 6.61 Å². The normalized spacial score (nSPS) is 13.0. The van der Waals surface area contributed by atoms with Crippen LogP contribution in [0.2, 0.25) is 0 Å². The molecule has 6 nitrogen and oxygen atoms in total. The van der Waals surface area contributed by atoms with Gasteiger partial charge in [0.05, 0.1) is 0 Å². The zero-order valence-electron chi connectivity index (χ0n) is 9.91. The van der Waals surface area contributed by atoms with Crippen LogP contribution in [-0.4, -0.2) is 40.4 Å². The molecule has 0 spiro atoms. The van der Waals surface area contributed by atoms with Crippen molar-refractivity contribution in [2.45, 2.75) is 45.2 Å². The fourth-order valence-electron chi connectivity index (χ4n) is 0.977. The Morgan fingerprint density at radius 2 is 1.94 bits per heavy atom. The van der Waals surface area contributed by atoms with Gasteiger partial charge >= 0.3 is 12.0 Å². The summed E-state index contributed by atoms with van der Waals surface area (Å²) >= 11 is 0. The van der Waals surface area contributed by atoms with Gasteiger partial charge in [0.25, 0.3) is 0 Å². The molecule has 1 atom stereocenters. The van der Waals surface area contributed by atoms with Crippen LogP contribution >= 0.6 is 0 Å². The number of aliphatic carboxylic acids is 1. The summed E-state index contributed by atoms with van der Waals surface area (Å²) in [7, 11) is 0. The van der Waals surface area contributed by atoms with Crippen molar-refractivity contribution in [3.63, 3.8) is 0 Å². The lowest BCUT2D eigenvalue weighted by Crippen LogP contribution is -2.52. The van der Waals surface area contributed by atoms with Crippen LogP contribution < -0.4 is 10.6 Å². The molecule has 6 heteroatoms. The van der Waals surface area contributed by atoms with Gasteiger partial charge in [0, 0.05) is 18.6 Å². The van der Waals surface area contributed by atoms with E-state index in [1.54, 1.807) is 0 Å². The molecule has 0 rings (SSSR count). The number of carbonyl (C=O) groups excluding carboxylic acids is 1. The third-order valence-electron chi connectivity index (χ3n) is 2.36. The smallest absolute Gasteiger partial charge is 0.326 e. The topological polar surface area (TPSA) is 98.7 Å². The van der Waals surface area contributed by atoms with Gasteiger partial charge in [-0.05, 0) is 20.3 Å². The minimum absolute atomic E-state index is 0.00466. The second-order valence-corrected chi connectivity index (χ2v) is 4.24. The monoisotopic (exact) mass is 232 g/mol. The van der Waals surface area contributed by atoms with E-state index in [1.165, 1.54) is 0 Å². The van der Waals surface area contributed by atoms with Gasteiger partial charge in [-0.25, -0.2) is 9.59 Å². The predicted molar refractivity (Wildman–Crippen MR) is 59.2 cm³/mol. The molecule has 2 amide bonds. The first-order valence-electron chi connectivity index (χ1n) is 5.24. The number of aliphatic hydroxyl groups excluding tert-OH is 1. The van der Waals surface area contributed by atoms with Crippen molar-refractivity contribution in [1.29, 1.82) is 0 Å². The first kappa shape index (κ1) is 14.7. The quantitative estimate of drug-likeness (QED) is 0.529. The molecule has 0 radical (unpaired) electrons. The van der Waals surface area contributed by atoms with E-state index in [0.29, 0.717) is 0 Å². The molecule has 0 saturated carbocycles. The Morgan fingerprint density at radius 1 is 1.38 bits per heavy atom. The van der Waals surface area contributed by atoms with Crippen molar-refractivity contribution in [3.8, 4) is 0 Å². The zero-order chi connectivity index (χ0) is 12.8. The molecular weight excluding hydrogens is 212 g/mol. The number of hydrogen-bond donors (Lipinski definition) is 4. The van der Waals surface area contributed by atoms with E-state index in [1.807, 2.05) is 20.8 Å². The average Bonchev–Trinajstić information content (AvgIpc) is 2.16. The maximum Gasteiger partial charge on any atom is 0.326 e. The maximum atomic E-state index is 11.4. The second kappa shape index (κ2) is 6.32. The number of nitrogens with one attached hydrogen (secondary N) is 2. The van der Waals surface area contributed by atoms with E-state index >= 15 is 0 Å². The molecule has 0 fully saturated rings. The van der Waals surface area contributed by atoms with Crippen LogP contribution in [0.3, 0.4) is 0 Å². The molecule has 4 N–H and O–H groups in total. The summed E-state index contributed by atoms with van der Waals surface area (Å²) in [6.45, 7) is 5.32. The summed E-state index contributed by atoms with van der Waals surface area (Å²) in [5.74, 6) is -1.15. The van der Waals surface area contributed by atoms with Crippen LogP contribution in [0.1, 0.15) is 33.6 Å². The summed E-state index contributed by atoms with van der Waals surface area (Å²) in [6, 6.07) is -1.59. The Morgan fingerprint density at radius 3 is 2.31 bits per heavy atom. The lowest BCUT2D eigenvalue weighted by molar-refractivity contribution is -0.139. The highest BCUT2D eigenvalue weighted by Crippen LogP contribution is 2.06. The maximum absolute atomic E-state index is 11.4. The number of aliphatic hydroxyl groups is 1. The molecular formula is C10H20N2O4. The van der Waals surface area contributed by atoms with Crippen LogP contribution in [0.5, 0.6) is 0 Å². The Hall–Kier alpha value is -1.30. The number of hydrogen-bond acceptors (Lipinski definition) is 3. The summed E-state index contributed by atoms with van der Waals surface area (Å²) < 4.78 is 0. The molecule has 0 aromatic heterocycles. The minimum Gasteiger partial charge on any atom is -0.480 e. The van der Waals surface area contributed by atoms with Crippen molar-refractivity contribution in [1.82, 2.24) is 10.6 Å². The van der Waals surface area contributed by atoms with Crippen LogP contribution in [0.25, 0.3) is 0 Å². The lowest BCUT2D eigenvalue weighted by Gasteiger charge is -2.25. The van der Waals surface area contributed by atoms with Gasteiger partial charge in [0.1, 0.15) is 6.04 Å². The molecule has 16 heavy (non-hydrogen) atoms. The first-order valence-corrected chi connectivity index (χ1v) is 5.24. The van der Waals surface area contributed by atoms with E-state index in [0.717, 1.165) is 6.42 Å². The largest absolute Gasteiger partial charge is 0.480 e. The number of carboxylic acids is 1. The van der Waals surface area contributed by atoms with Crippen LogP contribution in [0, 0.1) is 0 Å². The van der Waals surface area contributed by atoms with Gasteiger partial charge in [-0.3, -0.25) is 0 Å². The molecule has 0 aliphatic heterocycles. The average molecular weight is 232 g/mol. The van der Waals surface area contributed by atoms with Gasteiger partial charge in [-0.1, -0.05) is 6.92 Å². The van der Waals surface area contributed by atoms with E-state index in [4.69, 9.17) is 10.2 Å². The Labute approximate surface area is 95.0 Å². The molecule has 0 aliphatic carbocycles. The van der Waals surface area contributed by atoms with E-state index < -0.39 is 18.0 Å². The van der Waals surface area contributed by atoms with Gasteiger partial charge in [-0.2, -0.15) is 0 Å². The summed E-state index contributed by atoms with van der Waals surface area (Å²) in [5.41, 5.74) is -0.383. The molecule has 0 bridgehead atoms. The SMILES string of the molecule is CCC(C)(C)NC(=O)N[C@H](CCO)C(=O)O. The fourth-order valence-corrected chi connectivity index (χ4v) is 0.977. The fraction of sp³-hybridized carbons (Fsp3) is 0.800. The van der Waals surface area contributed by atoms with Gasteiger partial charge in [0.2, 0.25) is 0 Å². The van der Waals surface area contributed by atoms with E-state index in [2.05, 4.69) is 10.6 Å². The predicted octanol–water partition coefficient (Wildman–Crippen LogP) is 0.310. The highest BCUT2D eigenvalue weighted by atomic mass is 16.4. The molecule has 0 heterocycles. The summed E-state index contributed by atoms with van der Waals surface area (Å²) in [5, 5.41) is 22.4. The van der Waals surface area contributed by atoms with Gasteiger partial charge in [0.15, 0.2) is 0 Å². The lowest BCUT2D eigenvalue weighted by atomic mass is 10.0. The molecule has 0 aromatic rings. The first-order chi connectivity index (χ1) is 7.32. The molecule has 94 valence electrons. The number of urea groups is 1. The van der Waals surface area contributed by atoms with Crippen molar-refractivity contribution < 1.29 is 19.8 Å². The van der Waals surface area contributed by atoms with Gasteiger partial charge < -0.3 is 20.8 Å². The molecule has 0 saturated heterocycles. The third kappa shape index (κ3) is 5.55. The van der Waals surface area contributed by atoms with Crippen LogP contribution in [-0.2, 0) is 4.79 Å². The highest BCUT2D eigenvalue weighted by Gasteiger charge is 2.23. The number of carbonyl (C=O) groups is 2. The Bertz CT molecular complexity index is 253. The second-order valence-electron chi connectivity index (χ2n) is 4.24. The molecule has 0 aliphatic rings. The molecule has 0 aromatic carbocycles.